The van der Waals surface area contributed by atoms with Gasteiger partial charge in [-0.15, -0.1) is 0 Å². The van der Waals surface area contributed by atoms with E-state index in [1.165, 1.54) is 11.1 Å². The number of carboxylic acids is 4. The van der Waals surface area contributed by atoms with Crippen LogP contribution in [0.5, 0.6) is 11.5 Å². The van der Waals surface area contributed by atoms with E-state index in [1.54, 1.807) is 32.4 Å². The number of nitrogens with one attached hydrogen (secondary N) is 4. The average Bonchev–Trinajstić information content (AvgIpc) is 1.65. The van der Waals surface area contributed by atoms with Crippen LogP contribution in [-0.4, -0.2) is 256 Å². The van der Waals surface area contributed by atoms with E-state index in [0.29, 0.717) is 13.1 Å². The van der Waals surface area contributed by atoms with Gasteiger partial charge in [-0.05, 0) is 128 Å². The summed E-state index contributed by atoms with van der Waals surface area (Å²) in [4.78, 5) is 104. The van der Waals surface area contributed by atoms with Crippen molar-refractivity contribution in [3.05, 3.63) is 84.0 Å². The predicted molar refractivity (Wildman–Crippen MR) is 342 cm³/mol. The third-order valence-corrected chi connectivity index (χ3v) is 20.0. The molecule has 10 aliphatic heterocycles. The molecule has 94 heavy (non-hydrogen) atoms. The SMILES string of the molecule is CN(C)CCNC(=O)C1C(C(=O)O)[C@H]2C=C[C@@H]1O2.CN(C)CCNC(=O)C1C(C(=O)O)[C@H]2CC[C@@H]1O2.COc1ccc(CCN2CCC(NC(=O)C3C(C(=O)O)[C@H]4C=C[C@@H]3O4)CC2)cc1.COc1ccc(CCN2CCC(NC(=O)C3C(C(=O)O)[C@H]4CC[C@@H]3O4)CC2)cc1. The quantitative estimate of drug-likeness (QED) is 0.0697. The molecule has 0 saturated carbocycles. The molecular formula is C68H96N8O18. The molecule has 8 saturated heterocycles. The van der Waals surface area contributed by atoms with Crippen molar-refractivity contribution in [1.29, 1.82) is 0 Å². The third kappa shape index (κ3) is 17.9. The molecule has 10 aliphatic rings. The van der Waals surface area contributed by atoms with Crippen LogP contribution in [0.4, 0.5) is 0 Å². The van der Waals surface area contributed by atoms with Crippen LogP contribution < -0.4 is 30.7 Å². The Bertz CT molecular complexity index is 2990. The van der Waals surface area contributed by atoms with E-state index in [1.807, 2.05) is 68.3 Å². The molecule has 26 nitrogen and oxygen atoms in total. The number of benzene rings is 2. The fourth-order valence-corrected chi connectivity index (χ4v) is 14.9. The molecular weight excluding hydrogens is 1220 g/mol. The Morgan fingerprint density at radius 2 is 0.734 bits per heavy atom. The maximum atomic E-state index is 12.8. The van der Waals surface area contributed by atoms with Crippen molar-refractivity contribution in [3.8, 4) is 11.5 Å². The summed E-state index contributed by atoms with van der Waals surface area (Å²) in [5.41, 5.74) is 2.57. The zero-order valence-electron chi connectivity index (χ0n) is 54.8. The molecule has 2 aromatic carbocycles. The number of carboxylic acid groups (broad SMARTS) is 4. The standard InChI is InChI=1S/C22H30N2O5.C22H28N2O5.C12H20N2O4.C12H18N2O4/c2*1-28-16-4-2-14(3-5-16)8-11-24-12-9-15(10-13-24)23-21(25)19-17-6-7-18(29-17)20(19)22(26)27;2*1-14(2)6-5-13-11(15)9-7-3-4-8(18-7)10(9)12(16)17/h2-5,15,17-20H,6-13H2,1H3,(H,23,25)(H,26,27);2-7,15,17-20H,8-13H2,1H3,(H,23,25)(H,26,27);7-10H,3-6H2,1-2H3,(H,13,15)(H,16,17);3-4,7-10H,5-6H2,1-2H3,(H,13,15)(H,16,17)/t2*17-,18+,19?,20?;2*7-,8+,9?,10?/m0000/s1. The second kappa shape index (κ2) is 33.1. The summed E-state index contributed by atoms with van der Waals surface area (Å²) in [7, 11) is 11.0. The van der Waals surface area contributed by atoms with Gasteiger partial charge in [-0.3, -0.25) is 38.4 Å². The number of rotatable bonds is 24. The lowest BCUT2D eigenvalue weighted by Crippen LogP contribution is -2.50. The van der Waals surface area contributed by atoms with Crippen molar-refractivity contribution < 1.29 is 87.2 Å². The molecule has 16 atom stereocenters. The van der Waals surface area contributed by atoms with Crippen LogP contribution in [0.15, 0.2) is 72.8 Å². The Kier molecular flexibility index (Phi) is 25.1. The molecule has 12 rings (SSSR count). The second-order valence-corrected chi connectivity index (χ2v) is 26.7. The predicted octanol–water partition coefficient (Wildman–Crippen LogP) is 2.03. The van der Waals surface area contributed by atoms with E-state index in [0.717, 1.165) is 128 Å². The Balaban J connectivity index is 0.000000151. The van der Waals surface area contributed by atoms with Gasteiger partial charge in [0.2, 0.25) is 23.6 Å². The van der Waals surface area contributed by atoms with E-state index >= 15 is 0 Å². The lowest BCUT2D eigenvalue weighted by atomic mass is 9.78. The van der Waals surface area contributed by atoms with Crippen molar-refractivity contribution in [2.24, 2.45) is 47.3 Å². The van der Waals surface area contributed by atoms with Crippen molar-refractivity contribution in [2.75, 3.05) is 108 Å². The number of fused-ring (bicyclic) bond motifs is 8. The van der Waals surface area contributed by atoms with E-state index in [2.05, 4.69) is 55.3 Å². The monoisotopic (exact) mass is 1310 g/mol. The van der Waals surface area contributed by atoms with Crippen molar-refractivity contribution in [1.82, 2.24) is 40.9 Å². The van der Waals surface area contributed by atoms with Crippen LogP contribution in [0.2, 0.25) is 0 Å². The summed E-state index contributed by atoms with van der Waals surface area (Å²) in [6, 6.07) is 16.5. The zero-order chi connectivity index (χ0) is 67.3. The summed E-state index contributed by atoms with van der Waals surface area (Å²) in [5, 5.41) is 49.1. The summed E-state index contributed by atoms with van der Waals surface area (Å²) in [5.74, 6) is -8.00. The van der Waals surface area contributed by atoms with Gasteiger partial charge in [0.25, 0.3) is 0 Å². The maximum absolute atomic E-state index is 12.8. The van der Waals surface area contributed by atoms with Crippen LogP contribution in [0, 0.1) is 47.3 Å². The molecule has 8 unspecified atom stereocenters. The number of hydrogen-bond acceptors (Lipinski definition) is 18. The summed E-state index contributed by atoms with van der Waals surface area (Å²) >= 11 is 0. The minimum atomic E-state index is -0.973. The van der Waals surface area contributed by atoms with Crippen LogP contribution in [0.25, 0.3) is 0 Å². The van der Waals surface area contributed by atoms with Gasteiger partial charge in [0, 0.05) is 77.5 Å². The highest BCUT2D eigenvalue weighted by molar-refractivity contribution is 5.89. The van der Waals surface area contributed by atoms with Gasteiger partial charge in [0.15, 0.2) is 0 Å². The van der Waals surface area contributed by atoms with Crippen LogP contribution >= 0.6 is 0 Å². The molecule has 26 heteroatoms. The van der Waals surface area contributed by atoms with Crippen molar-refractivity contribution in [2.45, 2.75) is 125 Å². The normalized spacial score (nSPS) is 31.0. The van der Waals surface area contributed by atoms with Gasteiger partial charge in [-0.2, -0.15) is 0 Å². The summed E-state index contributed by atoms with van der Waals surface area (Å²) < 4.78 is 32.7. The van der Waals surface area contributed by atoms with Crippen molar-refractivity contribution >= 4 is 47.5 Å². The fraction of sp³-hybridized carbons (Fsp3) is 0.647. The Hall–Kier alpha value is -7.04. The first-order valence-corrected chi connectivity index (χ1v) is 33.2. The second-order valence-electron chi connectivity index (χ2n) is 26.7. The molecule has 8 N–H and O–H groups in total. The number of carbonyl (C=O) groups is 8. The lowest BCUT2D eigenvalue weighted by molar-refractivity contribution is -0.148. The van der Waals surface area contributed by atoms with Gasteiger partial charge >= 0.3 is 23.9 Å². The Morgan fingerprint density at radius 1 is 0.426 bits per heavy atom. The fourth-order valence-electron chi connectivity index (χ4n) is 14.9. The van der Waals surface area contributed by atoms with Gasteiger partial charge < -0.3 is 89.7 Å². The Morgan fingerprint density at radius 3 is 1.07 bits per heavy atom. The molecule has 516 valence electrons. The van der Waals surface area contributed by atoms with Crippen LogP contribution in [0.3, 0.4) is 0 Å². The van der Waals surface area contributed by atoms with Gasteiger partial charge in [0.1, 0.15) is 23.3 Å². The molecule has 0 spiro atoms. The number of likely N-dealkylation sites (N-methyl/N-ethyl adjacent to an activating group) is 2. The topological polar surface area (TPSA) is 334 Å². The molecule has 0 radical (unpaired) electrons. The number of likely N-dealkylation sites (tertiary alicyclic amines) is 2. The van der Waals surface area contributed by atoms with Gasteiger partial charge in [-0.1, -0.05) is 48.6 Å². The third-order valence-electron chi connectivity index (χ3n) is 20.0. The molecule has 8 bridgehead atoms. The number of hydrogen-bond donors (Lipinski definition) is 8. The van der Waals surface area contributed by atoms with Crippen molar-refractivity contribution in [3.63, 3.8) is 0 Å². The van der Waals surface area contributed by atoms with E-state index < -0.39 is 95.6 Å². The molecule has 0 aromatic heterocycles. The number of piperidine rings is 2. The smallest absolute Gasteiger partial charge is 0.310 e. The van der Waals surface area contributed by atoms with Crippen LogP contribution in [-0.2, 0) is 70.1 Å². The van der Waals surface area contributed by atoms with E-state index in [9.17, 15) is 53.7 Å². The Labute approximate surface area is 549 Å². The minimum Gasteiger partial charge on any atom is -0.497 e. The number of nitrogens with zero attached hydrogens (tertiary/aromatic N) is 4. The van der Waals surface area contributed by atoms with E-state index in [-0.39, 0.29) is 60.1 Å². The highest BCUT2D eigenvalue weighted by atomic mass is 16.5. The van der Waals surface area contributed by atoms with Gasteiger partial charge in [0.05, 0.1) is 98.6 Å². The molecule has 0 aliphatic carbocycles. The molecule has 8 fully saturated rings. The van der Waals surface area contributed by atoms with Crippen LogP contribution in [0.1, 0.15) is 62.5 Å². The summed E-state index contributed by atoms with van der Waals surface area (Å²) in [6.07, 6.45) is 12.9. The average molecular weight is 1310 g/mol. The molecule has 4 amide bonds. The molecule has 10 heterocycles. The number of methoxy groups -OCH3 is 2. The minimum absolute atomic E-state index is 0.0947. The number of ether oxygens (including phenoxy) is 6. The zero-order valence-corrected chi connectivity index (χ0v) is 54.8. The molecule has 2 aromatic rings. The first kappa shape index (κ1) is 71.3. The first-order valence-electron chi connectivity index (χ1n) is 33.2. The highest BCUT2D eigenvalue weighted by Gasteiger charge is 2.58. The highest BCUT2D eigenvalue weighted by Crippen LogP contribution is 2.46. The number of carbonyl (C=O) groups excluding carboxylic acids is 4. The summed E-state index contributed by atoms with van der Waals surface area (Å²) in [6.45, 7) is 8.22. The maximum Gasteiger partial charge on any atom is 0.310 e. The number of aliphatic carboxylic acids is 4. The van der Waals surface area contributed by atoms with E-state index in [4.69, 9.17) is 33.5 Å². The lowest BCUT2D eigenvalue weighted by Gasteiger charge is -2.33. The first-order chi connectivity index (χ1) is 45.1. The van der Waals surface area contributed by atoms with Gasteiger partial charge in [-0.25, -0.2) is 0 Å². The number of amides is 4. The largest absolute Gasteiger partial charge is 0.497 e.